The standard InChI is InChI=1S/C14H18N2O3/c1-19-12-6-4-5-11(9-12)15-13(17)10-16-8-3-2-7-14(16)18/h4-6,9H,2-3,7-8,10H2,1H3,(H,15,17). The first-order chi connectivity index (χ1) is 9.19. The van der Waals surface area contributed by atoms with E-state index in [-0.39, 0.29) is 18.4 Å². The summed E-state index contributed by atoms with van der Waals surface area (Å²) in [6, 6.07) is 7.15. The SMILES string of the molecule is COc1cccc(NC(=O)CN2CCCCC2=O)c1. The van der Waals surface area contributed by atoms with Crippen LogP contribution in [0.2, 0.25) is 0 Å². The molecule has 1 aromatic rings. The number of benzene rings is 1. The number of hydrogen-bond donors (Lipinski definition) is 1. The van der Waals surface area contributed by atoms with Crippen LogP contribution < -0.4 is 10.1 Å². The van der Waals surface area contributed by atoms with Gasteiger partial charge in [0.05, 0.1) is 13.7 Å². The molecule has 2 rings (SSSR count). The summed E-state index contributed by atoms with van der Waals surface area (Å²) in [6.07, 6.45) is 2.44. The quantitative estimate of drug-likeness (QED) is 0.897. The Balaban J connectivity index is 1.91. The highest BCUT2D eigenvalue weighted by molar-refractivity contribution is 5.94. The lowest BCUT2D eigenvalue weighted by Crippen LogP contribution is -2.40. The van der Waals surface area contributed by atoms with Crippen molar-refractivity contribution in [2.24, 2.45) is 0 Å². The molecule has 0 atom stereocenters. The van der Waals surface area contributed by atoms with Crippen LogP contribution in [0.15, 0.2) is 24.3 Å². The van der Waals surface area contributed by atoms with Gasteiger partial charge in [0.1, 0.15) is 5.75 Å². The van der Waals surface area contributed by atoms with Gasteiger partial charge in [-0.2, -0.15) is 0 Å². The number of piperidine rings is 1. The Hall–Kier alpha value is -2.04. The molecular formula is C14H18N2O3. The minimum atomic E-state index is -0.177. The van der Waals surface area contributed by atoms with Gasteiger partial charge in [-0.1, -0.05) is 6.07 Å². The van der Waals surface area contributed by atoms with Crippen molar-refractivity contribution >= 4 is 17.5 Å². The Bertz CT molecular complexity index is 474. The lowest BCUT2D eigenvalue weighted by molar-refractivity contribution is -0.136. The largest absolute Gasteiger partial charge is 0.497 e. The molecule has 0 aliphatic carbocycles. The molecule has 5 heteroatoms. The Kier molecular flexibility index (Phi) is 4.39. The zero-order valence-electron chi connectivity index (χ0n) is 11.0. The van der Waals surface area contributed by atoms with Crippen molar-refractivity contribution in [2.75, 3.05) is 25.5 Å². The van der Waals surface area contributed by atoms with Crippen molar-refractivity contribution in [3.05, 3.63) is 24.3 Å². The van der Waals surface area contributed by atoms with Gasteiger partial charge in [-0.25, -0.2) is 0 Å². The Labute approximate surface area is 112 Å². The van der Waals surface area contributed by atoms with Gasteiger partial charge in [0.2, 0.25) is 11.8 Å². The lowest BCUT2D eigenvalue weighted by Gasteiger charge is -2.25. The van der Waals surface area contributed by atoms with E-state index in [0.29, 0.717) is 24.4 Å². The fraction of sp³-hybridized carbons (Fsp3) is 0.429. The molecule has 1 N–H and O–H groups in total. The number of nitrogens with one attached hydrogen (secondary N) is 1. The van der Waals surface area contributed by atoms with Gasteiger partial charge < -0.3 is 15.0 Å². The van der Waals surface area contributed by atoms with Gasteiger partial charge in [0.25, 0.3) is 0 Å². The van der Waals surface area contributed by atoms with Crippen LogP contribution in [0.3, 0.4) is 0 Å². The van der Waals surface area contributed by atoms with Crippen LogP contribution in [-0.4, -0.2) is 36.9 Å². The van der Waals surface area contributed by atoms with E-state index in [1.54, 1.807) is 30.2 Å². The fourth-order valence-corrected chi connectivity index (χ4v) is 2.10. The first-order valence-electron chi connectivity index (χ1n) is 6.41. The average molecular weight is 262 g/mol. The van der Waals surface area contributed by atoms with E-state index in [9.17, 15) is 9.59 Å². The molecule has 102 valence electrons. The third-order valence-corrected chi connectivity index (χ3v) is 3.11. The summed E-state index contributed by atoms with van der Waals surface area (Å²) in [5, 5.41) is 2.77. The second kappa shape index (κ2) is 6.22. The first-order valence-corrected chi connectivity index (χ1v) is 6.41. The van der Waals surface area contributed by atoms with Crippen LogP contribution >= 0.6 is 0 Å². The van der Waals surface area contributed by atoms with E-state index in [1.165, 1.54) is 0 Å². The number of rotatable bonds is 4. The summed E-state index contributed by atoms with van der Waals surface area (Å²) in [5.74, 6) is 0.572. The summed E-state index contributed by atoms with van der Waals surface area (Å²) < 4.78 is 5.09. The number of amides is 2. The lowest BCUT2D eigenvalue weighted by atomic mass is 10.1. The molecule has 0 aromatic heterocycles. The van der Waals surface area contributed by atoms with Crippen LogP contribution in [0, 0.1) is 0 Å². The second-order valence-electron chi connectivity index (χ2n) is 4.55. The highest BCUT2D eigenvalue weighted by Gasteiger charge is 2.20. The molecule has 19 heavy (non-hydrogen) atoms. The van der Waals surface area contributed by atoms with Gasteiger partial charge in [0, 0.05) is 24.7 Å². The van der Waals surface area contributed by atoms with Gasteiger partial charge in [-0.3, -0.25) is 9.59 Å². The fourth-order valence-electron chi connectivity index (χ4n) is 2.10. The summed E-state index contributed by atoms with van der Waals surface area (Å²) >= 11 is 0. The second-order valence-corrected chi connectivity index (χ2v) is 4.55. The number of likely N-dealkylation sites (tertiary alicyclic amines) is 1. The molecular weight excluding hydrogens is 244 g/mol. The number of carbonyl (C=O) groups excluding carboxylic acids is 2. The predicted octanol–water partition coefficient (Wildman–Crippen LogP) is 1.65. The highest BCUT2D eigenvalue weighted by Crippen LogP contribution is 2.17. The predicted molar refractivity (Wildman–Crippen MR) is 72.1 cm³/mol. The van der Waals surface area contributed by atoms with Gasteiger partial charge in [0.15, 0.2) is 0 Å². The molecule has 0 spiro atoms. The molecule has 1 aromatic carbocycles. The number of methoxy groups -OCH3 is 1. The van der Waals surface area contributed by atoms with Crippen molar-refractivity contribution in [3.63, 3.8) is 0 Å². The van der Waals surface area contributed by atoms with E-state index in [4.69, 9.17) is 4.74 Å². The minimum absolute atomic E-state index is 0.0621. The smallest absolute Gasteiger partial charge is 0.243 e. The van der Waals surface area contributed by atoms with Crippen molar-refractivity contribution in [1.82, 2.24) is 4.90 Å². The van der Waals surface area contributed by atoms with E-state index < -0.39 is 0 Å². The van der Waals surface area contributed by atoms with E-state index in [0.717, 1.165) is 12.8 Å². The number of carbonyl (C=O) groups is 2. The van der Waals surface area contributed by atoms with Crippen LogP contribution in [0.5, 0.6) is 5.75 Å². The summed E-state index contributed by atoms with van der Waals surface area (Å²) in [5.41, 5.74) is 0.675. The Morgan fingerprint density at radius 3 is 3.00 bits per heavy atom. The normalized spacial score (nSPS) is 15.2. The van der Waals surface area contributed by atoms with Gasteiger partial charge >= 0.3 is 0 Å². The number of nitrogens with zero attached hydrogens (tertiary/aromatic N) is 1. The molecule has 0 bridgehead atoms. The molecule has 1 aliphatic heterocycles. The monoisotopic (exact) mass is 262 g/mol. The van der Waals surface area contributed by atoms with Crippen LogP contribution in [-0.2, 0) is 9.59 Å². The molecule has 5 nitrogen and oxygen atoms in total. The molecule has 1 fully saturated rings. The minimum Gasteiger partial charge on any atom is -0.497 e. The summed E-state index contributed by atoms with van der Waals surface area (Å²) in [6.45, 7) is 0.792. The third-order valence-electron chi connectivity index (χ3n) is 3.11. The maximum atomic E-state index is 11.9. The van der Waals surface area contributed by atoms with Crippen LogP contribution in [0.25, 0.3) is 0 Å². The van der Waals surface area contributed by atoms with Crippen molar-refractivity contribution in [3.8, 4) is 5.75 Å². The maximum Gasteiger partial charge on any atom is 0.243 e. The molecule has 0 saturated carbocycles. The molecule has 1 heterocycles. The maximum absolute atomic E-state index is 11.9. The first kappa shape index (κ1) is 13.4. The van der Waals surface area contributed by atoms with E-state index in [2.05, 4.69) is 5.32 Å². The molecule has 2 amide bonds. The molecule has 0 radical (unpaired) electrons. The van der Waals surface area contributed by atoms with Crippen molar-refractivity contribution in [1.29, 1.82) is 0 Å². The average Bonchev–Trinajstić information content (AvgIpc) is 2.41. The Morgan fingerprint density at radius 1 is 1.42 bits per heavy atom. The topological polar surface area (TPSA) is 58.6 Å². The van der Waals surface area contributed by atoms with Crippen molar-refractivity contribution < 1.29 is 14.3 Å². The third kappa shape index (κ3) is 3.71. The zero-order valence-corrected chi connectivity index (χ0v) is 11.0. The molecule has 1 aliphatic rings. The molecule has 1 saturated heterocycles. The number of hydrogen-bond acceptors (Lipinski definition) is 3. The van der Waals surface area contributed by atoms with E-state index >= 15 is 0 Å². The number of anilines is 1. The van der Waals surface area contributed by atoms with Crippen molar-refractivity contribution in [2.45, 2.75) is 19.3 Å². The van der Waals surface area contributed by atoms with Gasteiger partial charge in [-0.05, 0) is 25.0 Å². The summed E-state index contributed by atoms with van der Waals surface area (Å²) in [7, 11) is 1.58. The molecule has 0 unspecified atom stereocenters. The van der Waals surface area contributed by atoms with E-state index in [1.807, 2.05) is 6.07 Å². The van der Waals surface area contributed by atoms with Crippen LogP contribution in [0.4, 0.5) is 5.69 Å². The van der Waals surface area contributed by atoms with Gasteiger partial charge in [-0.15, -0.1) is 0 Å². The Morgan fingerprint density at radius 2 is 2.26 bits per heavy atom. The number of ether oxygens (including phenoxy) is 1. The van der Waals surface area contributed by atoms with Crippen LogP contribution in [0.1, 0.15) is 19.3 Å². The summed E-state index contributed by atoms with van der Waals surface area (Å²) in [4.78, 5) is 25.1. The highest BCUT2D eigenvalue weighted by atomic mass is 16.5. The zero-order chi connectivity index (χ0) is 13.7.